The Balaban J connectivity index is 2.14. The second-order valence-electron chi connectivity index (χ2n) is 5.22. The summed E-state index contributed by atoms with van der Waals surface area (Å²) in [6, 6.07) is 7.34. The molecule has 1 amide bonds. The number of methoxy groups -OCH3 is 1. The highest BCUT2D eigenvalue weighted by Gasteiger charge is 2.06. The number of hydrogen-bond acceptors (Lipinski definition) is 4. The van der Waals surface area contributed by atoms with Crippen LogP contribution in [-0.2, 0) is 9.53 Å². The predicted octanol–water partition coefficient (Wildman–Crippen LogP) is 2.29. The fourth-order valence-electron chi connectivity index (χ4n) is 1.71. The van der Waals surface area contributed by atoms with E-state index in [1.54, 1.807) is 7.11 Å². The van der Waals surface area contributed by atoms with Crippen molar-refractivity contribution >= 4 is 11.6 Å². The molecule has 0 spiro atoms. The first-order valence-corrected chi connectivity index (χ1v) is 7.34. The highest BCUT2D eigenvalue weighted by molar-refractivity contribution is 5.93. The van der Waals surface area contributed by atoms with Crippen molar-refractivity contribution in [2.24, 2.45) is 5.92 Å². The van der Waals surface area contributed by atoms with Gasteiger partial charge in [0.05, 0.1) is 25.9 Å². The highest BCUT2D eigenvalue weighted by atomic mass is 16.5. The van der Waals surface area contributed by atoms with Gasteiger partial charge < -0.3 is 20.1 Å². The van der Waals surface area contributed by atoms with Crippen molar-refractivity contribution in [2.45, 2.75) is 20.3 Å². The Bertz CT molecular complexity index is 422. The molecule has 0 aromatic heterocycles. The van der Waals surface area contributed by atoms with Gasteiger partial charge in [-0.1, -0.05) is 26.0 Å². The molecule has 21 heavy (non-hydrogen) atoms. The molecule has 2 N–H and O–H groups in total. The van der Waals surface area contributed by atoms with E-state index in [4.69, 9.17) is 9.47 Å². The second kappa shape index (κ2) is 10.2. The molecule has 0 aliphatic rings. The number of anilines is 1. The molecule has 0 aliphatic carbocycles. The topological polar surface area (TPSA) is 59.6 Å². The van der Waals surface area contributed by atoms with E-state index in [9.17, 15) is 4.79 Å². The number of hydrogen-bond donors (Lipinski definition) is 2. The van der Waals surface area contributed by atoms with Crippen LogP contribution >= 0.6 is 0 Å². The molecular weight excluding hydrogens is 268 g/mol. The Morgan fingerprint density at radius 1 is 1.24 bits per heavy atom. The van der Waals surface area contributed by atoms with Gasteiger partial charge in [0.15, 0.2) is 0 Å². The van der Waals surface area contributed by atoms with Gasteiger partial charge in [-0.05, 0) is 24.5 Å². The Morgan fingerprint density at radius 3 is 2.71 bits per heavy atom. The third-order valence-electron chi connectivity index (χ3n) is 2.93. The molecule has 0 fully saturated rings. The van der Waals surface area contributed by atoms with E-state index in [1.165, 1.54) is 0 Å². The lowest BCUT2D eigenvalue weighted by Crippen LogP contribution is -2.30. The number of carbonyl (C=O) groups excluding carboxylic acids is 1. The van der Waals surface area contributed by atoms with Gasteiger partial charge in [-0.2, -0.15) is 0 Å². The summed E-state index contributed by atoms with van der Waals surface area (Å²) in [5, 5.41) is 5.86. The van der Waals surface area contributed by atoms with E-state index in [0.29, 0.717) is 30.5 Å². The summed E-state index contributed by atoms with van der Waals surface area (Å²) in [5.74, 6) is 1.22. The lowest BCUT2D eigenvalue weighted by molar-refractivity contribution is -0.115. The summed E-state index contributed by atoms with van der Waals surface area (Å²) < 4.78 is 10.6. The largest absolute Gasteiger partial charge is 0.495 e. The molecular formula is C16H26N2O3. The summed E-state index contributed by atoms with van der Waals surface area (Å²) in [5.41, 5.74) is 0.681. The van der Waals surface area contributed by atoms with Crippen LogP contribution in [0.3, 0.4) is 0 Å². The summed E-state index contributed by atoms with van der Waals surface area (Å²) >= 11 is 0. The summed E-state index contributed by atoms with van der Waals surface area (Å²) in [6.45, 7) is 6.65. The van der Waals surface area contributed by atoms with Crippen molar-refractivity contribution in [3.63, 3.8) is 0 Å². The number of rotatable bonds is 10. The molecule has 1 aromatic carbocycles. The maximum Gasteiger partial charge on any atom is 0.238 e. The quantitative estimate of drug-likeness (QED) is 0.650. The first kappa shape index (κ1) is 17.5. The zero-order chi connectivity index (χ0) is 15.5. The van der Waals surface area contributed by atoms with Gasteiger partial charge in [0.2, 0.25) is 5.91 Å². The standard InChI is InChI=1S/C16H26N2O3/c1-13(2)8-10-21-11-9-17-12-16(19)18-14-6-4-5-7-15(14)20-3/h4-7,13,17H,8-12H2,1-3H3,(H,18,19). The van der Waals surface area contributed by atoms with Gasteiger partial charge in [-0.25, -0.2) is 0 Å². The smallest absolute Gasteiger partial charge is 0.238 e. The molecule has 0 saturated heterocycles. The lowest BCUT2D eigenvalue weighted by atomic mass is 10.1. The average Bonchev–Trinajstić information content (AvgIpc) is 2.46. The zero-order valence-electron chi connectivity index (χ0n) is 13.1. The van der Waals surface area contributed by atoms with Crippen molar-refractivity contribution in [3.8, 4) is 5.75 Å². The Morgan fingerprint density at radius 2 is 2.00 bits per heavy atom. The van der Waals surface area contributed by atoms with Crippen molar-refractivity contribution < 1.29 is 14.3 Å². The van der Waals surface area contributed by atoms with Crippen LogP contribution in [0.1, 0.15) is 20.3 Å². The molecule has 118 valence electrons. The average molecular weight is 294 g/mol. The van der Waals surface area contributed by atoms with Crippen molar-refractivity contribution in [3.05, 3.63) is 24.3 Å². The number of carbonyl (C=O) groups is 1. The van der Waals surface area contributed by atoms with E-state index in [2.05, 4.69) is 24.5 Å². The minimum atomic E-state index is -0.0957. The Kier molecular flexibility index (Phi) is 8.47. The van der Waals surface area contributed by atoms with Crippen molar-refractivity contribution in [1.82, 2.24) is 5.32 Å². The molecule has 0 unspecified atom stereocenters. The molecule has 0 atom stereocenters. The predicted molar refractivity (Wildman–Crippen MR) is 84.8 cm³/mol. The second-order valence-corrected chi connectivity index (χ2v) is 5.22. The van der Waals surface area contributed by atoms with E-state index in [0.717, 1.165) is 13.0 Å². The van der Waals surface area contributed by atoms with Gasteiger partial charge in [0, 0.05) is 13.2 Å². The number of ether oxygens (including phenoxy) is 2. The van der Waals surface area contributed by atoms with Crippen LogP contribution in [0, 0.1) is 5.92 Å². The van der Waals surface area contributed by atoms with Gasteiger partial charge in [0.1, 0.15) is 5.75 Å². The van der Waals surface area contributed by atoms with Crippen LogP contribution in [0.2, 0.25) is 0 Å². The van der Waals surface area contributed by atoms with E-state index >= 15 is 0 Å². The molecule has 1 rings (SSSR count). The summed E-state index contributed by atoms with van der Waals surface area (Å²) in [7, 11) is 1.58. The minimum absolute atomic E-state index is 0.0957. The van der Waals surface area contributed by atoms with Crippen LogP contribution in [0.25, 0.3) is 0 Å². The Labute approximate surface area is 127 Å². The minimum Gasteiger partial charge on any atom is -0.495 e. The third kappa shape index (κ3) is 7.68. The monoisotopic (exact) mass is 294 g/mol. The number of benzene rings is 1. The zero-order valence-corrected chi connectivity index (χ0v) is 13.1. The number of nitrogens with one attached hydrogen (secondary N) is 2. The van der Waals surface area contributed by atoms with Crippen molar-refractivity contribution in [2.75, 3.05) is 38.7 Å². The fraction of sp³-hybridized carbons (Fsp3) is 0.562. The first-order valence-electron chi connectivity index (χ1n) is 7.34. The van der Waals surface area contributed by atoms with Crippen LogP contribution in [0.5, 0.6) is 5.75 Å². The third-order valence-corrected chi connectivity index (χ3v) is 2.93. The molecule has 0 heterocycles. The maximum atomic E-state index is 11.8. The van der Waals surface area contributed by atoms with Crippen LogP contribution < -0.4 is 15.4 Å². The van der Waals surface area contributed by atoms with Crippen LogP contribution in [0.15, 0.2) is 24.3 Å². The van der Waals surface area contributed by atoms with Gasteiger partial charge in [-0.15, -0.1) is 0 Å². The fourth-order valence-corrected chi connectivity index (χ4v) is 1.71. The highest BCUT2D eigenvalue weighted by Crippen LogP contribution is 2.22. The van der Waals surface area contributed by atoms with Gasteiger partial charge in [0.25, 0.3) is 0 Å². The molecule has 0 radical (unpaired) electrons. The van der Waals surface area contributed by atoms with E-state index in [1.807, 2.05) is 24.3 Å². The van der Waals surface area contributed by atoms with E-state index < -0.39 is 0 Å². The Hall–Kier alpha value is -1.59. The normalized spacial score (nSPS) is 10.7. The molecule has 5 heteroatoms. The molecule has 0 aliphatic heterocycles. The number of para-hydroxylation sites is 2. The summed E-state index contributed by atoms with van der Waals surface area (Å²) in [4.78, 5) is 11.8. The van der Waals surface area contributed by atoms with Crippen LogP contribution in [0.4, 0.5) is 5.69 Å². The summed E-state index contributed by atoms with van der Waals surface area (Å²) in [6.07, 6.45) is 1.06. The van der Waals surface area contributed by atoms with Gasteiger partial charge >= 0.3 is 0 Å². The molecule has 5 nitrogen and oxygen atoms in total. The lowest BCUT2D eigenvalue weighted by Gasteiger charge is -2.10. The SMILES string of the molecule is COc1ccccc1NC(=O)CNCCOCCC(C)C. The molecule has 1 aromatic rings. The van der Waals surface area contributed by atoms with Crippen LogP contribution in [-0.4, -0.2) is 39.3 Å². The maximum absolute atomic E-state index is 11.8. The molecule has 0 bridgehead atoms. The van der Waals surface area contributed by atoms with E-state index in [-0.39, 0.29) is 12.5 Å². The van der Waals surface area contributed by atoms with Gasteiger partial charge in [-0.3, -0.25) is 4.79 Å². The first-order chi connectivity index (χ1) is 10.1. The number of amides is 1. The molecule has 0 saturated carbocycles. The van der Waals surface area contributed by atoms with Crippen molar-refractivity contribution in [1.29, 1.82) is 0 Å².